The smallest absolute Gasteiger partial charge is 0.255 e. The molecule has 0 radical (unpaired) electrons. The van der Waals surface area contributed by atoms with Gasteiger partial charge >= 0.3 is 0 Å². The number of rotatable bonds is 1. The maximum Gasteiger partial charge on any atom is 0.255 e. The van der Waals surface area contributed by atoms with Crippen LogP contribution in [0.4, 0.5) is 0 Å². The van der Waals surface area contributed by atoms with Crippen LogP contribution in [-0.2, 0) is 0 Å². The molecule has 1 aliphatic heterocycles. The molecule has 2 nitrogen and oxygen atoms in total. The summed E-state index contributed by atoms with van der Waals surface area (Å²) >= 11 is 9.25. The highest BCUT2D eigenvalue weighted by Crippen LogP contribution is 2.24. The zero-order chi connectivity index (χ0) is 12.4. The molecule has 1 aliphatic rings. The van der Waals surface area contributed by atoms with Crippen LogP contribution in [0, 0.1) is 0 Å². The molecule has 0 unspecified atom stereocenters. The molecule has 90 valence electrons. The van der Waals surface area contributed by atoms with Crippen molar-refractivity contribution in [1.82, 2.24) is 4.90 Å². The standard InChI is InChI=1S/C13H13BrClNO/c1-9-3-2-6-16(8-9)13(17)11-5-4-10(15)7-12(11)14/h3-5,7H,2,6,8H2,1H3. The third kappa shape index (κ3) is 2.90. The maximum atomic E-state index is 12.3. The van der Waals surface area contributed by atoms with Crippen molar-refractivity contribution in [1.29, 1.82) is 0 Å². The molecule has 0 bridgehead atoms. The van der Waals surface area contributed by atoms with Gasteiger partial charge in [-0.1, -0.05) is 23.3 Å². The number of hydrogen-bond acceptors (Lipinski definition) is 1. The number of nitrogens with zero attached hydrogens (tertiary/aromatic N) is 1. The molecule has 0 saturated heterocycles. The second-order valence-corrected chi connectivity index (χ2v) is 5.48. The van der Waals surface area contributed by atoms with Gasteiger partial charge in [0.25, 0.3) is 5.91 Å². The predicted molar refractivity (Wildman–Crippen MR) is 73.4 cm³/mol. The molecule has 2 rings (SSSR count). The van der Waals surface area contributed by atoms with E-state index in [0.29, 0.717) is 17.1 Å². The van der Waals surface area contributed by atoms with Gasteiger partial charge in [-0.2, -0.15) is 0 Å². The van der Waals surface area contributed by atoms with E-state index in [1.165, 1.54) is 5.57 Å². The van der Waals surface area contributed by atoms with E-state index in [2.05, 4.69) is 28.9 Å². The average Bonchev–Trinajstić information content (AvgIpc) is 2.28. The molecule has 0 N–H and O–H groups in total. The molecule has 0 aromatic heterocycles. The van der Waals surface area contributed by atoms with Crippen LogP contribution < -0.4 is 0 Å². The number of halogens is 2. The van der Waals surface area contributed by atoms with Crippen molar-refractivity contribution >= 4 is 33.4 Å². The summed E-state index contributed by atoms with van der Waals surface area (Å²) in [5, 5.41) is 0.628. The zero-order valence-electron chi connectivity index (χ0n) is 9.54. The SMILES string of the molecule is CC1=CCCN(C(=O)c2ccc(Cl)cc2Br)C1. The Morgan fingerprint density at radius 3 is 2.88 bits per heavy atom. The molecule has 0 saturated carbocycles. The third-order valence-electron chi connectivity index (χ3n) is 2.78. The van der Waals surface area contributed by atoms with E-state index in [1.54, 1.807) is 18.2 Å². The van der Waals surface area contributed by atoms with Gasteiger partial charge in [-0.25, -0.2) is 0 Å². The van der Waals surface area contributed by atoms with Crippen molar-refractivity contribution in [2.24, 2.45) is 0 Å². The van der Waals surface area contributed by atoms with E-state index in [0.717, 1.165) is 17.4 Å². The molecule has 0 aliphatic carbocycles. The van der Waals surface area contributed by atoms with Crippen molar-refractivity contribution < 1.29 is 4.79 Å². The Hall–Kier alpha value is -0.800. The van der Waals surface area contributed by atoms with Crippen LogP contribution in [0.15, 0.2) is 34.3 Å². The lowest BCUT2D eigenvalue weighted by atomic mass is 10.1. The van der Waals surface area contributed by atoms with Gasteiger partial charge in [0.2, 0.25) is 0 Å². The number of benzene rings is 1. The summed E-state index contributed by atoms with van der Waals surface area (Å²) in [6.45, 7) is 3.55. The Morgan fingerprint density at radius 1 is 1.47 bits per heavy atom. The third-order valence-corrected chi connectivity index (χ3v) is 3.67. The Kier molecular flexibility index (Phi) is 3.89. The Bertz CT molecular complexity index is 484. The molecule has 1 aromatic rings. The van der Waals surface area contributed by atoms with Gasteiger partial charge in [0.1, 0.15) is 0 Å². The monoisotopic (exact) mass is 313 g/mol. The summed E-state index contributed by atoms with van der Waals surface area (Å²) < 4.78 is 0.752. The van der Waals surface area contributed by atoms with Crippen molar-refractivity contribution in [2.45, 2.75) is 13.3 Å². The van der Waals surface area contributed by atoms with Gasteiger partial charge in [-0.05, 0) is 47.5 Å². The molecule has 1 amide bonds. The summed E-state index contributed by atoms with van der Waals surface area (Å²) in [5.74, 6) is 0.0565. The molecule has 1 heterocycles. The highest BCUT2D eigenvalue weighted by molar-refractivity contribution is 9.10. The molecular formula is C13H13BrClNO. The first-order valence-electron chi connectivity index (χ1n) is 5.48. The van der Waals surface area contributed by atoms with Gasteiger partial charge < -0.3 is 4.90 Å². The van der Waals surface area contributed by atoms with Crippen LogP contribution in [0.25, 0.3) is 0 Å². The lowest BCUT2D eigenvalue weighted by Gasteiger charge is -2.26. The first kappa shape index (κ1) is 12.7. The van der Waals surface area contributed by atoms with Crippen LogP contribution >= 0.6 is 27.5 Å². The average molecular weight is 315 g/mol. The highest BCUT2D eigenvalue weighted by Gasteiger charge is 2.20. The predicted octanol–water partition coefficient (Wildman–Crippen LogP) is 3.89. The summed E-state index contributed by atoms with van der Waals surface area (Å²) in [6, 6.07) is 5.26. The van der Waals surface area contributed by atoms with Crippen LogP contribution in [0.2, 0.25) is 5.02 Å². The minimum absolute atomic E-state index is 0.0565. The quantitative estimate of drug-likeness (QED) is 0.720. The summed E-state index contributed by atoms with van der Waals surface area (Å²) in [7, 11) is 0. The number of amides is 1. The second-order valence-electron chi connectivity index (χ2n) is 4.19. The first-order chi connectivity index (χ1) is 8.08. The molecule has 17 heavy (non-hydrogen) atoms. The van der Waals surface area contributed by atoms with Crippen molar-refractivity contribution in [2.75, 3.05) is 13.1 Å². The van der Waals surface area contributed by atoms with Crippen LogP contribution in [0.5, 0.6) is 0 Å². The van der Waals surface area contributed by atoms with E-state index in [9.17, 15) is 4.79 Å². The molecule has 0 atom stereocenters. The van der Waals surface area contributed by atoms with Gasteiger partial charge in [-0.15, -0.1) is 0 Å². The van der Waals surface area contributed by atoms with Gasteiger partial charge in [0, 0.05) is 22.6 Å². The highest BCUT2D eigenvalue weighted by atomic mass is 79.9. The van der Waals surface area contributed by atoms with E-state index in [-0.39, 0.29) is 5.91 Å². The van der Waals surface area contributed by atoms with Crippen molar-refractivity contribution in [3.8, 4) is 0 Å². The molecule has 1 aromatic carbocycles. The maximum absolute atomic E-state index is 12.3. The molecule has 4 heteroatoms. The zero-order valence-corrected chi connectivity index (χ0v) is 11.9. The van der Waals surface area contributed by atoms with Gasteiger partial charge in [-0.3, -0.25) is 4.79 Å². The van der Waals surface area contributed by atoms with Gasteiger partial charge in [0.05, 0.1) is 5.56 Å². The summed E-state index contributed by atoms with van der Waals surface area (Å²) in [5.41, 5.74) is 1.92. The number of hydrogen-bond donors (Lipinski definition) is 0. The number of carbonyl (C=O) groups excluding carboxylic acids is 1. The van der Waals surface area contributed by atoms with E-state index in [1.807, 2.05) is 4.90 Å². The topological polar surface area (TPSA) is 20.3 Å². The summed E-state index contributed by atoms with van der Waals surface area (Å²) in [6.07, 6.45) is 3.11. The van der Waals surface area contributed by atoms with Crippen molar-refractivity contribution in [3.05, 3.63) is 44.9 Å². The minimum Gasteiger partial charge on any atom is -0.334 e. The minimum atomic E-state index is 0.0565. The number of carbonyl (C=O) groups is 1. The normalized spacial score (nSPS) is 15.7. The summed E-state index contributed by atoms with van der Waals surface area (Å²) in [4.78, 5) is 14.2. The lowest BCUT2D eigenvalue weighted by molar-refractivity contribution is 0.0765. The largest absolute Gasteiger partial charge is 0.334 e. The van der Waals surface area contributed by atoms with Crippen molar-refractivity contribution in [3.63, 3.8) is 0 Å². The lowest BCUT2D eigenvalue weighted by Crippen LogP contribution is -2.35. The fourth-order valence-corrected chi connectivity index (χ4v) is 2.77. The van der Waals surface area contributed by atoms with E-state index < -0.39 is 0 Å². The van der Waals surface area contributed by atoms with Crippen LogP contribution in [-0.4, -0.2) is 23.9 Å². The van der Waals surface area contributed by atoms with Crippen LogP contribution in [0.1, 0.15) is 23.7 Å². The molecule has 0 spiro atoms. The van der Waals surface area contributed by atoms with E-state index in [4.69, 9.17) is 11.6 Å². The van der Waals surface area contributed by atoms with Crippen LogP contribution in [0.3, 0.4) is 0 Å². The molecule has 0 fully saturated rings. The Labute approximate surface area is 114 Å². The first-order valence-corrected chi connectivity index (χ1v) is 6.65. The van der Waals surface area contributed by atoms with Gasteiger partial charge in [0.15, 0.2) is 0 Å². The second kappa shape index (κ2) is 5.23. The van der Waals surface area contributed by atoms with E-state index >= 15 is 0 Å². The Morgan fingerprint density at radius 2 is 2.24 bits per heavy atom. The molecular weight excluding hydrogens is 302 g/mol. The fourth-order valence-electron chi connectivity index (χ4n) is 1.92. The fraction of sp³-hybridized carbons (Fsp3) is 0.308. The Balaban J connectivity index is 2.22.